The average molecular weight is 289 g/mol. The predicted octanol–water partition coefficient (Wildman–Crippen LogP) is 1.99. The number of hydrogen-bond acceptors (Lipinski definition) is 5. The highest BCUT2D eigenvalue weighted by atomic mass is 35.5. The molecule has 0 bridgehead atoms. The van der Waals surface area contributed by atoms with Crippen molar-refractivity contribution in [1.29, 1.82) is 0 Å². The second-order valence-electron chi connectivity index (χ2n) is 4.40. The van der Waals surface area contributed by atoms with Crippen LogP contribution in [0, 0.1) is 10.1 Å². The topological polar surface area (TPSA) is 84.6 Å². The number of halogens is 1. The SMILES string of the molecule is CC(C)NCC(O)COc1ccc([N+](=O)[O-])cc1Cl. The summed E-state index contributed by atoms with van der Waals surface area (Å²) in [6.45, 7) is 4.42. The summed E-state index contributed by atoms with van der Waals surface area (Å²) in [7, 11) is 0. The van der Waals surface area contributed by atoms with Gasteiger partial charge < -0.3 is 15.2 Å². The van der Waals surface area contributed by atoms with Crippen LogP contribution in [0.3, 0.4) is 0 Å². The van der Waals surface area contributed by atoms with Crippen LogP contribution in [0.2, 0.25) is 5.02 Å². The van der Waals surface area contributed by atoms with E-state index in [0.29, 0.717) is 12.3 Å². The second-order valence-corrected chi connectivity index (χ2v) is 4.81. The molecule has 0 heterocycles. The lowest BCUT2D eigenvalue weighted by molar-refractivity contribution is -0.384. The van der Waals surface area contributed by atoms with Crippen molar-refractivity contribution >= 4 is 17.3 Å². The van der Waals surface area contributed by atoms with Crippen LogP contribution in [0.1, 0.15) is 13.8 Å². The predicted molar refractivity (Wildman–Crippen MR) is 72.7 cm³/mol. The molecule has 0 amide bonds. The number of nitro groups is 1. The van der Waals surface area contributed by atoms with Gasteiger partial charge in [-0.15, -0.1) is 0 Å². The van der Waals surface area contributed by atoms with Crippen molar-refractivity contribution in [3.05, 3.63) is 33.3 Å². The summed E-state index contributed by atoms with van der Waals surface area (Å²) in [6, 6.07) is 4.22. The summed E-state index contributed by atoms with van der Waals surface area (Å²) in [5.74, 6) is 0.316. The Hall–Kier alpha value is -1.37. The van der Waals surface area contributed by atoms with Gasteiger partial charge in [0.15, 0.2) is 0 Å². The second kappa shape index (κ2) is 7.28. The summed E-state index contributed by atoms with van der Waals surface area (Å²) >= 11 is 5.86. The van der Waals surface area contributed by atoms with Crippen molar-refractivity contribution < 1.29 is 14.8 Å². The number of nitro benzene ring substituents is 1. The Balaban J connectivity index is 2.51. The fourth-order valence-corrected chi connectivity index (χ4v) is 1.57. The van der Waals surface area contributed by atoms with Gasteiger partial charge in [0.05, 0.1) is 9.95 Å². The number of hydrogen-bond donors (Lipinski definition) is 2. The number of rotatable bonds is 7. The lowest BCUT2D eigenvalue weighted by Crippen LogP contribution is -2.35. The summed E-state index contributed by atoms with van der Waals surface area (Å²) in [5.41, 5.74) is -0.0978. The molecule has 0 radical (unpaired) electrons. The molecule has 0 spiro atoms. The van der Waals surface area contributed by atoms with Gasteiger partial charge in [0.2, 0.25) is 0 Å². The first-order valence-electron chi connectivity index (χ1n) is 5.88. The first-order chi connectivity index (χ1) is 8.90. The summed E-state index contributed by atoms with van der Waals surface area (Å²) in [5, 5.41) is 23.4. The third kappa shape index (κ3) is 5.42. The van der Waals surface area contributed by atoms with Crippen LogP contribution in [0.5, 0.6) is 5.75 Å². The maximum atomic E-state index is 10.5. The van der Waals surface area contributed by atoms with E-state index in [1.54, 1.807) is 0 Å². The van der Waals surface area contributed by atoms with Gasteiger partial charge in [-0.3, -0.25) is 10.1 Å². The number of aliphatic hydroxyl groups excluding tert-OH is 1. The van der Waals surface area contributed by atoms with E-state index in [4.69, 9.17) is 16.3 Å². The number of benzene rings is 1. The largest absolute Gasteiger partial charge is 0.489 e. The molecule has 19 heavy (non-hydrogen) atoms. The summed E-state index contributed by atoms with van der Waals surface area (Å²) in [4.78, 5) is 10.0. The van der Waals surface area contributed by atoms with E-state index in [2.05, 4.69) is 5.32 Å². The van der Waals surface area contributed by atoms with Crippen LogP contribution in [-0.4, -0.2) is 35.3 Å². The van der Waals surface area contributed by atoms with Gasteiger partial charge in [0.1, 0.15) is 18.5 Å². The Labute approximate surface area is 116 Å². The third-order valence-electron chi connectivity index (χ3n) is 2.32. The van der Waals surface area contributed by atoms with Gasteiger partial charge in [-0.2, -0.15) is 0 Å². The smallest absolute Gasteiger partial charge is 0.271 e. The monoisotopic (exact) mass is 288 g/mol. The molecule has 1 atom stereocenters. The molecule has 0 aliphatic carbocycles. The van der Waals surface area contributed by atoms with Crippen LogP contribution >= 0.6 is 11.6 Å². The van der Waals surface area contributed by atoms with E-state index in [1.165, 1.54) is 18.2 Å². The first kappa shape index (κ1) is 15.7. The van der Waals surface area contributed by atoms with Gasteiger partial charge in [0, 0.05) is 24.7 Å². The van der Waals surface area contributed by atoms with E-state index < -0.39 is 11.0 Å². The van der Waals surface area contributed by atoms with Crippen molar-refractivity contribution in [3.63, 3.8) is 0 Å². The number of ether oxygens (including phenoxy) is 1. The molecular weight excluding hydrogens is 272 g/mol. The summed E-state index contributed by atoms with van der Waals surface area (Å²) in [6.07, 6.45) is -0.673. The van der Waals surface area contributed by atoms with Crippen LogP contribution in [0.4, 0.5) is 5.69 Å². The highest BCUT2D eigenvalue weighted by molar-refractivity contribution is 6.32. The molecule has 1 aromatic rings. The van der Waals surface area contributed by atoms with Crippen LogP contribution in [-0.2, 0) is 0 Å². The van der Waals surface area contributed by atoms with Gasteiger partial charge in [-0.05, 0) is 6.07 Å². The van der Waals surface area contributed by atoms with E-state index in [0.717, 1.165) is 0 Å². The van der Waals surface area contributed by atoms with Crippen LogP contribution in [0.15, 0.2) is 18.2 Å². The molecule has 2 N–H and O–H groups in total. The Morgan fingerprint density at radius 2 is 2.21 bits per heavy atom. The molecule has 0 aliphatic rings. The number of aliphatic hydroxyl groups is 1. The Bertz CT molecular complexity index is 440. The molecule has 1 unspecified atom stereocenters. The van der Waals surface area contributed by atoms with Crippen molar-refractivity contribution in [2.75, 3.05) is 13.2 Å². The molecule has 7 heteroatoms. The number of nitrogens with zero attached hydrogens (tertiary/aromatic N) is 1. The zero-order chi connectivity index (χ0) is 14.4. The van der Waals surface area contributed by atoms with Crippen LogP contribution < -0.4 is 10.1 Å². The quantitative estimate of drug-likeness (QED) is 0.592. The maximum absolute atomic E-state index is 10.5. The lowest BCUT2D eigenvalue weighted by Gasteiger charge is -2.15. The van der Waals surface area contributed by atoms with Gasteiger partial charge >= 0.3 is 0 Å². The molecule has 1 rings (SSSR count). The van der Waals surface area contributed by atoms with Gasteiger partial charge in [-0.25, -0.2) is 0 Å². The zero-order valence-corrected chi connectivity index (χ0v) is 11.6. The molecule has 0 fully saturated rings. The molecule has 0 saturated heterocycles. The van der Waals surface area contributed by atoms with Gasteiger partial charge in [0.25, 0.3) is 5.69 Å². The summed E-state index contributed by atoms with van der Waals surface area (Å²) < 4.78 is 5.32. The molecule has 0 aliphatic heterocycles. The van der Waals surface area contributed by atoms with E-state index in [-0.39, 0.29) is 23.4 Å². The maximum Gasteiger partial charge on any atom is 0.271 e. The lowest BCUT2D eigenvalue weighted by atomic mass is 10.3. The van der Waals surface area contributed by atoms with Crippen LogP contribution in [0.25, 0.3) is 0 Å². The molecular formula is C12H17ClN2O4. The van der Waals surface area contributed by atoms with Crippen molar-refractivity contribution in [2.45, 2.75) is 26.0 Å². The van der Waals surface area contributed by atoms with Gasteiger partial charge in [-0.1, -0.05) is 25.4 Å². The van der Waals surface area contributed by atoms with E-state index in [1.807, 2.05) is 13.8 Å². The highest BCUT2D eigenvalue weighted by Gasteiger charge is 2.12. The Kier molecular flexibility index (Phi) is 6.01. The minimum absolute atomic E-state index is 0.0667. The van der Waals surface area contributed by atoms with E-state index in [9.17, 15) is 15.2 Å². The molecule has 0 saturated carbocycles. The molecule has 106 valence electrons. The third-order valence-corrected chi connectivity index (χ3v) is 2.61. The van der Waals surface area contributed by atoms with E-state index >= 15 is 0 Å². The minimum Gasteiger partial charge on any atom is -0.489 e. The highest BCUT2D eigenvalue weighted by Crippen LogP contribution is 2.28. The molecule has 6 nitrogen and oxygen atoms in total. The van der Waals surface area contributed by atoms with Crippen molar-refractivity contribution in [3.8, 4) is 5.75 Å². The standard InChI is InChI=1S/C12H17ClN2O4/c1-8(2)14-6-10(16)7-19-12-4-3-9(15(17)18)5-11(12)13/h3-5,8,10,14,16H,6-7H2,1-2H3. The molecule has 0 aromatic heterocycles. The average Bonchev–Trinajstić information content (AvgIpc) is 2.34. The number of non-ortho nitro benzene ring substituents is 1. The molecule has 1 aromatic carbocycles. The fraction of sp³-hybridized carbons (Fsp3) is 0.500. The normalized spacial score (nSPS) is 12.5. The first-order valence-corrected chi connectivity index (χ1v) is 6.26. The van der Waals surface area contributed by atoms with Crippen molar-refractivity contribution in [1.82, 2.24) is 5.32 Å². The number of nitrogens with one attached hydrogen (secondary N) is 1. The fourth-order valence-electron chi connectivity index (χ4n) is 1.34. The Morgan fingerprint density at radius 3 is 2.74 bits per heavy atom. The minimum atomic E-state index is -0.673. The zero-order valence-electron chi connectivity index (χ0n) is 10.8. The van der Waals surface area contributed by atoms with Crippen molar-refractivity contribution in [2.24, 2.45) is 0 Å². The Morgan fingerprint density at radius 1 is 1.53 bits per heavy atom.